The molecule has 0 saturated carbocycles. The Labute approximate surface area is 160 Å². The summed E-state index contributed by atoms with van der Waals surface area (Å²) < 4.78 is 42.9. The molecule has 28 heavy (non-hydrogen) atoms. The molecule has 5 atom stereocenters. The van der Waals surface area contributed by atoms with Crippen molar-refractivity contribution in [2.75, 3.05) is 14.2 Å². The molecule has 4 rings (SSSR count). The number of aliphatic carboxylic acids is 1. The number of nitrogens with zero attached hydrogens (tertiary/aromatic N) is 1. The van der Waals surface area contributed by atoms with Gasteiger partial charge >= 0.3 is 13.6 Å². The molecule has 1 unspecified atom stereocenters. The largest absolute Gasteiger partial charge is 0.481 e. The number of rotatable bonds is 6. The second-order valence-electron chi connectivity index (χ2n) is 7.01. The first-order valence-electron chi connectivity index (χ1n) is 8.63. The van der Waals surface area contributed by atoms with Gasteiger partial charge in [-0.2, -0.15) is 0 Å². The molecule has 0 radical (unpaired) electrons. The summed E-state index contributed by atoms with van der Waals surface area (Å²) in [5.74, 6) is -5.42. The van der Waals surface area contributed by atoms with E-state index in [0.717, 1.165) is 0 Å². The number of carboxylic acid groups (broad SMARTS) is 1. The van der Waals surface area contributed by atoms with Crippen molar-refractivity contribution in [2.45, 2.75) is 24.0 Å². The fourth-order valence-corrected chi connectivity index (χ4v) is 6.41. The standard InChI is InChI=1S/C18H19FNO7P/c1-25-28(24,26-2)17-18-8-7-12(27-18)13(16(22)23)14(18)15(21)20(17)9-10-3-5-11(19)6-4-10/h3-8,12-14,17H,9H2,1-2H3,(H,22,23)/t12-,13-,14+,17?,18+/m0/s1. The molecule has 0 aromatic heterocycles. The van der Waals surface area contributed by atoms with Crippen LogP contribution in [0.1, 0.15) is 5.56 Å². The lowest BCUT2D eigenvalue weighted by molar-refractivity contribution is -0.148. The van der Waals surface area contributed by atoms with Crippen LogP contribution in [0.4, 0.5) is 4.39 Å². The van der Waals surface area contributed by atoms with Gasteiger partial charge in [0.25, 0.3) is 0 Å². The molecule has 3 heterocycles. The van der Waals surface area contributed by atoms with E-state index in [2.05, 4.69) is 0 Å². The minimum Gasteiger partial charge on any atom is -0.481 e. The number of benzene rings is 1. The summed E-state index contributed by atoms with van der Waals surface area (Å²) in [4.78, 5) is 26.4. The topological polar surface area (TPSA) is 102 Å². The lowest BCUT2D eigenvalue weighted by Crippen LogP contribution is -2.45. The predicted octanol–water partition coefficient (Wildman–Crippen LogP) is 2.00. The monoisotopic (exact) mass is 411 g/mol. The Bertz CT molecular complexity index is 896. The zero-order valence-corrected chi connectivity index (χ0v) is 16.0. The third-order valence-corrected chi connectivity index (χ3v) is 7.99. The highest BCUT2D eigenvalue weighted by Crippen LogP contribution is 2.67. The molecule has 2 fully saturated rings. The van der Waals surface area contributed by atoms with Crippen molar-refractivity contribution in [3.63, 3.8) is 0 Å². The SMILES string of the molecule is COP(=O)(OC)C1N(Cc2ccc(F)cc2)C(=O)[C@H]2[C@@H](C(=O)O)[C@@H]3C=C[C@]12O3. The Morgan fingerprint density at radius 2 is 1.96 bits per heavy atom. The van der Waals surface area contributed by atoms with Crippen LogP contribution in [0, 0.1) is 17.7 Å². The maximum absolute atomic E-state index is 13.4. The molecule has 2 bridgehead atoms. The molecule has 1 N–H and O–H groups in total. The lowest BCUT2D eigenvalue weighted by atomic mass is 9.77. The van der Waals surface area contributed by atoms with Crippen molar-refractivity contribution < 1.29 is 37.4 Å². The van der Waals surface area contributed by atoms with Gasteiger partial charge in [0, 0.05) is 20.8 Å². The van der Waals surface area contributed by atoms with Crippen LogP contribution in [0.15, 0.2) is 36.4 Å². The minimum absolute atomic E-state index is 0.0209. The fraction of sp³-hybridized carbons (Fsp3) is 0.444. The summed E-state index contributed by atoms with van der Waals surface area (Å²) in [6, 6.07) is 5.49. The number of hydrogen-bond acceptors (Lipinski definition) is 6. The van der Waals surface area contributed by atoms with Gasteiger partial charge in [-0.05, 0) is 17.7 Å². The zero-order chi connectivity index (χ0) is 20.3. The third kappa shape index (κ3) is 2.50. The van der Waals surface area contributed by atoms with Crippen LogP contribution in [-0.4, -0.2) is 53.6 Å². The maximum Gasteiger partial charge on any atom is 0.355 e. The van der Waals surface area contributed by atoms with E-state index in [0.29, 0.717) is 5.56 Å². The van der Waals surface area contributed by atoms with Crippen LogP contribution in [0.5, 0.6) is 0 Å². The molecule has 2 saturated heterocycles. The van der Waals surface area contributed by atoms with Gasteiger partial charge in [-0.3, -0.25) is 14.2 Å². The van der Waals surface area contributed by atoms with Crippen molar-refractivity contribution in [3.8, 4) is 0 Å². The number of fused-ring (bicyclic) bond motifs is 1. The fourth-order valence-electron chi connectivity index (χ4n) is 4.52. The Morgan fingerprint density at radius 1 is 1.32 bits per heavy atom. The van der Waals surface area contributed by atoms with Crippen molar-refractivity contribution in [3.05, 3.63) is 47.8 Å². The predicted molar refractivity (Wildman–Crippen MR) is 93.7 cm³/mol. The van der Waals surface area contributed by atoms with Crippen LogP contribution in [-0.2, 0) is 34.5 Å². The molecule has 150 valence electrons. The highest BCUT2D eigenvalue weighted by Gasteiger charge is 2.75. The number of likely N-dealkylation sites (tertiary alicyclic amines) is 1. The third-order valence-electron chi connectivity index (χ3n) is 5.69. The first kappa shape index (κ1) is 19.3. The van der Waals surface area contributed by atoms with Crippen LogP contribution < -0.4 is 0 Å². The van der Waals surface area contributed by atoms with Crippen LogP contribution in [0.25, 0.3) is 0 Å². The van der Waals surface area contributed by atoms with E-state index in [4.69, 9.17) is 13.8 Å². The van der Waals surface area contributed by atoms with E-state index in [-0.39, 0.29) is 6.54 Å². The summed E-state index contributed by atoms with van der Waals surface area (Å²) in [6.45, 7) is -0.0209. The number of halogens is 1. The number of hydrogen-bond donors (Lipinski definition) is 1. The number of ether oxygens (including phenoxy) is 1. The van der Waals surface area contributed by atoms with Crippen LogP contribution >= 0.6 is 7.60 Å². The smallest absolute Gasteiger partial charge is 0.355 e. The normalized spacial score (nSPS) is 33.5. The van der Waals surface area contributed by atoms with Gasteiger partial charge in [-0.25, -0.2) is 4.39 Å². The van der Waals surface area contributed by atoms with Crippen molar-refractivity contribution in [1.82, 2.24) is 4.90 Å². The number of carbonyl (C=O) groups excluding carboxylic acids is 1. The first-order valence-corrected chi connectivity index (χ1v) is 10.2. The average Bonchev–Trinajstić information content (AvgIpc) is 3.31. The summed E-state index contributed by atoms with van der Waals surface area (Å²) in [5, 5.41) is 9.65. The molecular weight excluding hydrogens is 392 g/mol. The van der Waals surface area contributed by atoms with Crippen molar-refractivity contribution in [2.24, 2.45) is 11.8 Å². The van der Waals surface area contributed by atoms with Crippen molar-refractivity contribution in [1.29, 1.82) is 0 Å². The first-order chi connectivity index (χ1) is 13.3. The van der Waals surface area contributed by atoms with Gasteiger partial charge < -0.3 is 23.8 Å². The van der Waals surface area contributed by atoms with Gasteiger partial charge in [-0.15, -0.1) is 0 Å². The van der Waals surface area contributed by atoms with E-state index >= 15 is 0 Å². The number of carboxylic acids is 1. The van der Waals surface area contributed by atoms with Gasteiger partial charge in [0.1, 0.15) is 17.3 Å². The molecule has 10 heteroatoms. The highest BCUT2D eigenvalue weighted by molar-refractivity contribution is 7.54. The number of carbonyl (C=O) groups is 2. The van der Waals surface area contributed by atoms with Gasteiger partial charge in [-0.1, -0.05) is 24.3 Å². The molecule has 3 aliphatic heterocycles. The highest BCUT2D eigenvalue weighted by atomic mass is 31.2. The summed E-state index contributed by atoms with van der Waals surface area (Å²) in [6.07, 6.45) is 2.39. The van der Waals surface area contributed by atoms with Crippen LogP contribution in [0.3, 0.4) is 0 Å². The van der Waals surface area contributed by atoms with E-state index in [1.807, 2.05) is 0 Å². The Hall–Kier alpha value is -2.06. The quantitative estimate of drug-likeness (QED) is 0.564. The molecule has 0 aliphatic carbocycles. The minimum atomic E-state index is -3.89. The average molecular weight is 411 g/mol. The summed E-state index contributed by atoms with van der Waals surface area (Å²) >= 11 is 0. The van der Waals surface area contributed by atoms with E-state index in [9.17, 15) is 23.7 Å². The summed E-state index contributed by atoms with van der Waals surface area (Å²) in [5.41, 5.74) is -0.841. The van der Waals surface area contributed by atoms with E-state index in [1.54, 1.807) is 12.2 Å². The summed E-state index contributed by atoms with van der Waals surface area (Å²) in [7, 11) is -1.48. The second-order valence-corrected chi connectivity index (χ2v) is 9.31. The lowest BCUT2D eigenvalue weighted by Gasteiger charge is -2.36. The van der Waals surface area contributed by atoms with Gasteiger partial charge in [0.15, 0.2) is 5.78 Å². The molecule has 1 spiro atoms. The Kier molecular flexibility index (Phi) is 4.46. The zero-order valence-electron chi connectivity index (χ0n) is 15.1. The van der Waals surface area contributed by atoms with E-state index < -0.39 is 54.6 Å². The Balaban J connectivity index is 1.82. The molecule has 8 nitrogen and oxygen atoms in total. The van der Waals surface area contributed by atoms with Gasteiger partial charge in [0.2, 0.25) is 5.91 Å². The molecule has 3 aliphatic rings. The van der Waals surface area contributed by atoms with Crippen LogP contribution in [0.2, 0.25) is 0 Å². The second kappa shape index (κ2) is 6.49. The van der Waals surface area contributed by atoms with Gasteiger partial charge in [0.05, 0.1) is 12.0 Å². The molecule has 1 aromatic carbocycles. The molecule has 1 aromatic rings. The van der Waals surface area contributed by atoms with Crippen molar-refractivity contribution >= 4 is 19.5 Å². The Morgan fingerprint density at radius 3 is 2.54 bits per heavy atom. The van der Waals surface area contributed by atoms with E-state index in [1.165, 1.54) is 43.4 Å². The maximum atomic E-state index is 13.4. The molecular formula is C18H19FNO7P. The molecule has 1 amide bonds. The number of amides is 1.